The molecule has 1 atom stereocenters. The van der Waals surface area contributed by atoms with Crippen LogP contribution in [-0.2, 0) is 10.0 Å². The second-order valence-electron chi connectivity index (χ2n) is 6.31. The van der Waals surface area contributed by atoms with Crippen LogP contribution in [0.15, 0.2) is 53.4 Å². The van der Waals surface area contributed by atoms with Gasteiger partial charge < -0.3 is 9.47 Å². The SMILES string of the molecule is COc1ccc([C@H]2CN(S(=O)(=O)c3cccc(OC)c3)CCN2C)cc1. The van der Waals surface area contributed by atoms with Crippen LogP contribution < -0.4 is 9.47 Å². The van der Waals surface area contributed by atoms with Gasteiger partial charge in [-0.05, 0) is 36.9 Å². The van der Waals surface area contributed by atoms with Crippen molar-refractivity contribution in [2.45, 2.75) is 10.9 Å². The Hall–Kier alpha value is -2.09. The monoisotopic (exact) mass is 376 g/mol. The van der Waals surface area contributed by atoms with E-state index in [9.17, 15) is 8.42 Å². The highest BCUT2D eigenvalue weighted by Gasteiger charge is 2.33. The summed E-state index contributed by atoms with van der Waals surface area (Å²) in [5.41, 5.74) is 1.07. The highest BCUT2D eigenvalue weighted by Crippen LogP contribution is 2.29. The molecule has 0 radical (unpaired) electrons. The second-order valence-corrected chi connectivity index (χ2v) is 8.25. The van der Waals surface area contributed by atoms with Crippen molar-refractivity contribution in [1.29, 1.82) is 0 Å². The highest BCUT2D eigenvalue weighted by atomic mass is 32.2. The zero-order chi connectivity index (χ0) is 18.7. The van der Waals surface area contributed by atoms with E-state index in [1.54, 1.807) is 35.7 Å². The minimum atomic E-state index is -3.57. The van der Waals surface area contributed by atoms with Gasteiger partial charge >= 0.3 is 0 Å². The number of hydrogen-bond acceptors (Lipinski definition) is 5. The number of nitrogens with zero attached hydrogens (tertiary/aromatic N) is 2. The van der Waals surface area contributed by atoms with E-state index in [-0.39, 0.29) is 10.9 Å². The fourth-order valence-electron chi connectivity index (χ4n) is 3.16. The Morgan fingerprint density at radius 1 is 0.962 bits per heavy atom. The Morgan fingerprint density at radius 3 is 2.31 bits per heavy atom. The molecule has 0 saturated carbocycles. The van der Waals surface area contributed by atoms with E-state index in [4.69, 9.17) is 9.47 Å². The van der Waals surface area contributed by atoms with E-state index in [0.29, 0.717) is 25.4 Å². The van der Waals surface area contributed by atoms with Gasteiger partial charge in [0.15, 0.2) is 0 Å². The third kappa shape index (κ3) is 3.70. The van der Waals surface area contributed by atoms with Crippen LogP contribution in [0.1, 0.15) is 11.6 Å². The third-order valence-electron chi connectivity index (χ3n) is 4.79. The first-order valence-electron chi connectivity index (χ1n) is 8.44. The Labute approximate surface area is 155 Å². The minimum absolute atomic E-state index is 0.00459. The number of methoxy groups -OCH3 is 2. The molecular formula is C19H24N2O4S. The maximum Gasteiger partial charge on any atom is 0.243 e. The molecule has 0 unspecified atom stereocenters. The first-order valence-corrected chi connectivity index (χ1v) is 9.88. The highest BCUT2D eigenvalue weighted by molar-refractivity contribution is 7.89. The molecule has 1 aliphatic rings. The van der Waals surface area contributed by atoms with Gasteiger partial charge in [0.25, 0.3) is 0 Å². The van der Waals surface area contributed by atoms with Crippen LogP contribution in [0.4, 0.5) is 0 Å². The number of ether oxygens (including phenoxy) is 2. The van der Waals surface area contributed by atoms with Crippen LogP contribution in [0.3, 0.4) is 0 Å². The molecule has 0 bridgehead atoms. The Kier molecular flexibility index (Phi) is 5.50. The standard InChI is InChI=1S/C19H24N2O4S/c1-20-11-12-21(14-19(20)15-7-9-16(24-2)10-8-15)26(22,23)18-6-4-5-17(13-18)25-3/h4-10,13,19H,11-12,14H2,1-3H3/t19-/m1/s1. The summed E-state index contributed by atoms with van der Waals surface area (Å²) in [7, 11) is 1.61. The molecule has 1 aliphatic heterocycles. The molecule has 0 N–H and O–H groups in total. The summed E-state index contributed by atoms with van der Waals surface area (Å²) in [6, 6.07) is 14.4. The lowest BCUT2D eigenvalue weighted by Gasteiger charge is -2.39. The molecule has 140 valence electrons. The van der Waals surface area contributed by atoms with Gasteiger partial charge in [-0.2, -0.15) is 4.31 Å². The molecule has 2 aromatic carbocycles. The smallest absolute Gasteiger partial charge is 0.243 e. The number of rotatable bonds is 5. The van der Waals surface area contributed by atoms with E-state index in [0.717, 1.165) is 11.3 Å². The van der Waals surface area contributed by atoms with Gasteiger partial charge in [-0.25, -0.2) is 8.42 Å². The van der Waals surface area contributed by atoms with Crippen molar-refractivity contribution in [3.63, 3.8) is 0 Å². The van der Waals surface area contributed by atoms with Gasteiger partial charge in [0.05, 0.1) is 19.1 Å². The Bertz CT molecular complexity index is 852. The quantitative estimate of drug-likeness (QED) is 0.802. The number of hydrogen-bond donors (Lipinski definition) is 0. The van der Waals surface area contributed by atoms with Crippen molar-refractivity contribution >= 4 is 10.0 Å². The normalized spacial score (nSPS) is 19.3. The van der Waals surface area contributed by atoms with E-state index in [1.807, 2.05) is 31.3 Å². The minimum Gasteiger partial charge on any atom is -0.497 e. The lowest BCUT2D eigenvalue weighted by atomic mass is 10.0. The molecule has 26 heavy (non-hydrogen) atoms. The van der Waals surface area contributed by atoms with Crippen molar-refractivity contribution in [1.82, 2.24) is 9.21 Å². The number of piperazine rings is 1. The van der Waals surface area contributed by atoms with Crippen LogP contribution in [-0.4, -0.2) is 58.5 Å². The Morgan fingerprint density at radius 2 is 1.65 bits per heavy atom. The van der Waals surface area contributed by atoms with Crippen LogP contribution >= 0.6 is 0 Å². The van der Waals surface area contributed by atoms with Gasteiger partial charge in [0.1, 0.15) is 11.5 Å². The van der Waals surface area contributed by atoms with Gasteiger partial charge in [0, 0.05) is 31.7 Å². The summed E-state index contributed by atoms with van der Waals surface area (Å²) >= 11 is 0. The lowest BCUT2D eigenvalue weighted by molar-refractivity contribution is 0.148. The van der Waals surface area contributed by atoms with Crippen molar-refractivity contribution in [3.8, 4) is 11.5 Å². The molecule has 6 nitrogen and oxygen atoms in total. The van der Waals surface area contributed by atoms with Crippen molar-refractivity contribution in [3.05, 3.63) is 54.1 Å². The van der Waals surface area contributed by atoms with E-state index >= 15 is 0 Å². The molecule has 3 rings (SSSR count). The molecule has 0 amide bonds. The number of likely N-dealkylation sites (N-methyl/N-ethyl adjacent to an activating group) is 1. The second kappa shape index (κ2) is 7.65. The zero-order valence-corrected chi connectivity index (χ0v) is 16.1. The molecule has 0 spiro atoms. The van der Waals surface area contributed by atoms with Crippen molar-refractivity contribution in [2.24, 2.45) is 0 Å². The third-order valence-corrected chi connectivity index (χ3v) is 6.65. The van der Waals surface area contributed by atoms with Crippen LogP contribution in [0.25, 0.3) is 0 Å². The summed E-state index contributed by atoms with van der Waals surface area (Å²) < 4.78 is 38.1. The fraction of sp³-hybridized carbons (Fsp3) is 0.368. The average molecular weight is 376 g/mol. The average Bonchev–Trinajstić information content (AvgIpc) is 2.68. The van der Waals surface area contributed by atoms with Gasteiger partial charge in [-0.3, -0.25) is 4.90 Å². The molecule has 1 fully saturated rings. The van der Waals surface area contributed by atoms with Crippen LogP contribution in [0.2, 0.25) is 0 Å². The largest absolute Gasteiger partial charge is 0.497 e. The summed E-state index contributed by atoms with van der Waals surface area (Å²) in [5.74, 6) is 1.32. The zero-order valence-electron chi connectivity index (χ0n) is 15.3. The summed E-state index contributed by atoms with van der Waals surface area (Å²) in [6.45, 7) is 1.53. The summed E-state index contributed by atoms with van der Waals surface area (Å²) in [5, 5.41) is 0. The Balaban J connectivity index is 1.86. The molecule has 2 aromatic rings. The first kappa shape index (κ1) is 18.7. The summed E-state index contributed by atoms with van der Waals surface area (Å²) in [4.78, 5) is 2.44. The lowest BCUT2D eigenvalue weighted by Crippen LogP contribution is -2.48. The van der Waals surface area contributed by atoms with Crippen LogP contribution in [0, 0.1) is 0 Å². The van der Waals surface area contributed by atoms with Gasteiger partial charge in [-0.15, -0.1) is 0 Å². The van der Waals surface area contributed by atoms with Gasteiger partial charge in [-0.1, -0.05) is 18.2 Å². The summed E-state index contributed by atoms with van der Waals surface area (Å²) in [6.07, 6.45) is 0. The predicted molar refractivity (Wildman–Crippen MR) is 100 cm³/mol. The van der Waals surface area contributed by atoms with E-state index in [1.165, 1.54) is 7.11 Å². The predicted octanol–water partition coefficient (Wildman–Crippen LogP) is 2.38. The van der Waals surface area contributed by atoms with Crippen molar-refractivity contribution in [2.75, 3.05) is 40.9 Å². The van der Waals surface area contributed by atoms with Crippen LogP contribution in [0.5, 0.6) is 11.5 Å². The molecule has 1 saturated heterocycles. The molecule has 7 heteroatoms. The number of sulfonamides is 1. The van der Waals surface area contributed by atoms with Crippen molar-refractivity contribution < 1.29 is 17.9 Å². The first-order chi connectivity index (χ1) is 12.5. The molecule has 0 aromatic heterocycles. The van der Waals surface area contributed by atoms with E-state index < -0.39 is 10.0 Å². The fourth-order valence-corrected chi connectivity index (χ4v) is 4.64. The molecule has 1 heterocycles. The topological polar surface area (TPSA) is 59.1 Å². The maximum absolute atomic E-state index is 13.1. The molecular weight excluding hydrogens is 352 g/mol. The maximum atomic E-state index is 13.1. The number of benzene rings is 2. The molecule has 0 aliphatic carbocycles. The van der Waals surface area contributed by atoms with Gasteiger partial charge in [0.2, 0.25) is 10.0 Å². The van der Waals surface area contributed by atoms with E-state index in [2.05, 4.69) is 4.90 Å².